The van der Waals surface area contributed by atoms with Gasteiger partial charge in [-0.1, -0.05) is 76.8 Å². The number of ether oxygens (including phenoxy) is 1. The summed E-state index contributed by atoms with van der Waals surface area (Å²) in [6.07, 6.45) is 13.2. The third-order valence-corrected chi connectivity index (χ3v) is 5.51. The average Bonchev–Trinajstić information content (AvgIpc) is 2.78. The van der Waals surface area contributed by atoms with E-state index in [-0.39, 0.29) is 5.56 Å². The lowest BCUT2D eigenvalue weighted by atomic mass is 10.1. The number of nitrogens with zero attached hydrogens (tertiary/aromatic N) is 1. The second-order valence-electron chi connectivity index (χ2n) is 7.99. The Morgan fingerprint density at radius 1 is 0.800 bits per heavy atom. The minimum Gasteiger partial charge on any atom is -0.494 e. The van der Waals surface area contributed by atoms with Gasteiger partial charge >= 0.3 is 0 Å². The first-order valence-corrected chi connectivity index (χ1v) is 11.5. The summed E-state index contributed by atoms with van der Waals surface area (Å²) in [6, 6.07) is 15.2. The maximum absolute atomic E-state index is 12.2. The van der Waals surface area contributed by atoms with Crippen LogP contribution in [-0.4, -0.2) is 16.6 Å². The highest BCUT2D eigenvalue weighted by molar-refractivity contribution is 5.79. The van der Waals surface area contributed by atoms with Crippen LogP contribution < -0.4 is 10.3 Å². The third-order valence-electron chi connectivity index (χ3n) is 5.51. The van der Waals surface area contributed by atoms with Gasteiger partial charge in [0.15, 0.2) is 0 Å². The van der Waals surface area contributed by atoms with Gasteiger partial charge in [-0.3, -0.25) is 4.79 Å². The summed E-state index contributed by atoms with van der Waals surface area (Å²) in [7, 11) is 0. The number of hydrogen-bond donors (Lipinski definition) is 1. The summed E-state index contributed by atoms with van der Waals surface area (Å²) in [5.74, 6) is 1.44. The Morgan fingerprint density at radius 2 is 1.43 bits per heavy atom. The van der Waals surface area contributed by atoms with Crippen LogP contribution in [0, 0.1) is 0 Å². The number of fused-ring (bicyclic) bond motifs is 1. The Balaban J connectivity index is 1.38. The molecule has 0 radical (unpaired) electrons. The number of H-pyrrole nitrogens is 1. The molecule has 0 aliphatic carbocycles. The highest BCUT2D eigenvalue weighted by Crippen LogP contribution is 2.20. The molecule has 0 saturated heterocycles. The van der Waals surface area contributed by atoms with Crippen molar-refractivity contribution in [2.75, 3.05) is 6.61 Å². The molecule has 1 heterocycles. The molecule has 1 aromatic heterocycles. The molecule has 30 heavy (non-hydrogen) atoms. The average molecular weight is 407 g/mol. The minimum absolute atomic E-state index is 0.114. The summed E-state index contributed by atoms with van der Waals surface area (Å²) < 4.78 is 5.87. The van der Waals surface area contributed by atoms with E-state index < -0.39 is 0 Å². The predicted molar refractivity (Wildman–Crippen MR) is 125 cm³/mol. The molecule has 160 valence electrons. The number of unbranched alkanes of at least 4 members (excludes halogenated alkanes) is 9. The van der Waals surface area contributed by atoms with Crippen LogP contribution in [0.5, 0.6) is 5.75 Å². The fourth-order valence-electron chi connectivity index (χ4n) is 3.71. The molecule has 4 nitrogen and oxygen atoms in total. The second kappa shape index (κ2) is 12.2. The first-order valence-electron chi connectivity index (χ1n) is 11.5. The molecule has 3 aromatic rings. The molecular formula is C26H34N2O2. The Bertz CT molecular complexity index is 947. The number of aromatic nitrogens is 2. The molecule has 0 amide bonds. The number of hydrogen-bond acceptors (Lipinski definition) is 3. The Hall–Kier alpha value is -2.62. The molecule has 0 bridgehead atoms. The van der Waals surface area contributed by atoms with Crippen molar-refractivity contribution in [3.63, 3.8) is 0 Å². The minimum atomic E-state index is -0.114. The summed E-state index contributed by atoms with van der Waals surface area (Å²) in [5.41, 5.74) is 1.47. The van der Waals surface area contributed by atoms with E-state index in [1.807, 2.05) is 42.5 Å². The van der Waals surface area contributed by atoms with Crippen LogP contribution in [0.1, 0.15) is 71.1 Å². The Kier molecular flexibility index (Phi) is 8.95. The maximum Gasteiger partial charge on any atom is 0.259 e. The molecule has 0 saturated carbocycles. The fourth-order valence-corrected chi connectivity index (χ4v) is 3.71. The summed E-state index contributed by atoms with van der Waals surface area (Å²) in [5, 5.41) is 0.609. The van der Waals surface area contributed by atoms with Crippen LogP contribution in [0.4, 0.5) is 0 Å². The van der Waals surface area contributed by atoms with Gasteiger partial charge in [0.25, 0.3) is 5.56 Å². The van der Waals surface area contributed by atoms with Crippen molar-refractivity contribution in [3.05, 3.63) is 58.9 Å². The normalized spacial score (nSPS) is 11.1. The number of benzene rings is 2. The van der Waals surface area contributed by atoms with Crippen molar-refractivity contribution in [1.29, 1.82) is 0 Å². The van der Waals surface area contributed by atoms with Crippen LogP contribution in [-0.2, 0) is 0 Å². The van der Waals surface area contributed by atoms with Crippen molar-refractivity contribution >= 4 is 10.9 Å². The van der Waals surface area contributed by atoms with Gasteiger partial charge in [0.1, 0.15) is 11.6 Å². The lowest BCUT2D eigenvalue weighted by Crippen LogP contribution is -2.09. The van der Waals surface area contributed by atoms with Crippen molar-refractivity contribution in [1.82, 2.24) is 9.97 Å². The summed E-state index contributed by atoms with van der Waals surface area (Å²) in [6.45, 7) is 3.02. The monoisotopic (exact) mass is 406 g/mol. The van der Waals surface area contributed by atoms with E-state index in [1.54, 1.807) is 6.07 Å². The topological polar surface area (TPSA) is 55.0 Å². The molecule has 0 unspecified atom stereocenters. The van der Waals surface area contributed by atoms with Gasteiger partial charge < -0.3 is 9.72 Å². The lowest BCUT2D eigenvalue weighted by Gasteiger charge is -2.08. The second-order valence-corrected chi connectivity index (χ2v) is 7.99. The van der Waals surface area contributed by atoms with Gasteiger partial charge in [-0.15, -0.1) is 0 Å². The number of nitrogens with one attached hydrogen (secondary N) is 1. The standard InChI is InChI=1S/C26H34N2O2/c1-2-3-4-5-6-7-8-9-10-13-20-30-22-18-16-21(17-19-22)25-27-24-15-12-11-14-23(24)26(29)28-25/h11-12,14-19H,2-10,13,20H2,1H3,(H,27,28,29). The summed E-state index contributed by atoms with van der Waals surface area (Å²) >= 11 is 0. The quantitative estimate of drug-likeness (QED) is 0.314. The smallest absolute Gasteiger partial charge is 0.259 e. The SMILES string of the molecule is CCCCCCCCCCCCOc1ccc(-c2nc3ccccc3c(=O)[nH]2)cc1. The number of aromatic amines is 1. The van der Waals surface area contributed by atoms with Crippen LogP contribution in [0.15, 0.2) is 53.3 Å². The van der Waals surface area contributed by atoms with Gasteiger partial charge in [0.05, 0.1) is 17.5 Å². The Morgan fingerprint density at radius 3 is 2.13 bits per heavy atom. The molecule has 2 aromatic carbocycles. The molecular weight excluding hydrogens is 372 g/mol. The molecule has 0 fully saturated rings. The van der Waals surface area contributed by atoms with E-state index in [4.69, 9.17) is 4.74 Å². The molecule has 0 spiro atoms. The van der Waals surface area contributed by atoms with E-state index >= 15 is 0 Å². The van der Waals surface area contributed by atoms with Gasteiger partial charge in [-0.2, -0.15) is 0 Å². The molecule has 0 aliphatic rings. The largest absolute Gasteiger partial charge is 0.494 e. The van der Waals surface area contributed by atoms with Gasteiger partial charge in [0.2, 0.25) is 0 Å². The maximum atomic E-state index is 12.2. The number of para-hydroxylation sites is 1. The van der Waals surface area contributed by atoms with Gasteiger partial charge in [0, 0.05) is 5.56 Å². The zero-order valence-corrected chi connectivity index (χ0v) is 18.2. The van der Waals surface area contributed by atoms with Crippen LogP contribution in [0.3, 0.4) is 0 Å². The fraction of sp³-hybridized carbons (Fsp3) is 0.462. The van der Waals surface area contributed by atoms with Crippen LogP contribution in [0.2, 0.25) is 0 Å². The molecule has 0 atom stereocenters. The highest BCUT2D eigenvalue weighted by Gasteiger charge is 2.06. The zero-order valence-electron chi connectivity index (χ0n) is 18.2. The number of rotatable bonds is 13. The summed E-state index contributed by atoms with van der Waals surface area (Å²) in [4.78, 5) is 19.7. The van der Waals surface area contributed by atoms with Crippen LogP contribution in [0.25, 0.3) is 22.3 Å². The van der Waals surface area contributed by atoms with Crippen molar-refractivity contribution in [3.8, 4) is 17.1 Å². The molecule has 0 aliphatic heterocycles. The van der Waals surface area contributed by atoms with E-state index in [0.29, 0.717) is 16.7 Å². The lowest BCUT2D eigenvalue weighted by molar-refractivity contribution is 0.304. The molecule has 3 rings (SSSR count). The van der Waals surface area contributed by atoms with E-state index in [9.17, 15) is 4.79 Å². The molecule has 4 heteroatoms. The van der Waals surface area contributed by atoms with E-state index in [0.717, 1.165) is 24.3 Å². The van der Waals surface area contributed by atoms with Gasteiger partial charge in [-0.25, -0.2) is 4.98 Å². The third kappa shape index (κ3) is 6.72. The van der Waals surface area contributed by atoms with Crippen molar-refractivity contribution in [2.24, 2.45) is 0 Å². The van der Waals surface area contributed by atoms with E-state index in [1.165, 1.54) is 57.8 Å². The molecule has 1 N–H and O–H groups in total. The van der Waals surface area contributed by atoms with Crippen molar-refractivity contribution < 1.29 is 4.74 Å². The van der Waals surface area contributed by atoms with Gasteiger partial charge in [-0.05, 0) is 42.8 Å². The van der Waals surface area contributed by atoms with E-state index in [2.05, 4.69) is 16.9 Å². The Labute approximate surface area is 179 Å². The zero-order chi connectivity index (χ0) is 21.0. The van der Waals surface area contributed by atoms with Crippen molar-refractivity contribution in [2.45, 2.75) is 71.1 Å². The highest BCUT2D eigenvalue weighted by atomic mass is 16.5. The first-order chi connectivity index (χ1) is 14.8. The first kappa shape index (κ1) is 22.1. The van der Waals surface area contributed by atoms with Crippen LogP contribution >= 0.6 is 0 Å². The predicted octanol–water partition coefficient (Wildman–Crippen LogP) is 6.89.